The molecular weight excluding hydrogens is 360 g/mol. The Hall–Kier alpha value is -3.48. The molecule has 0 atom stereocenters. The molecule has 0 aliphatic rings. The molecule has 28 heavy (non-hydrogen) atoms. The predicted molar refractivity (Wildman–Crippen MR) is 99.7 cm³/mol. The van der Waals surface area contributed by atoms with E-state index in [4.69, 9.17) is 19.6 Å². The van der Waals surface area contributed by atoms with Gasteiger partial charge < -0.3 is 0 Å². The van der Waals surface area contributed by atoms with Crippen molar-refractivity contribution in [3.05, 3.63) is 107 Å². The van der Waals surface area contributed by atoms with Crippen molar-refractivity contribution in [2.75, 3.05) is 0 Å². The van der Waals surface area contributed by atoms with Gasteiger partial charge in [-0.15, -0.1) is 0 Å². The summed E-state index contributed by atoms with van der Waals surface area (Å²) < 4.78 is 0. The first-order valence-corrected chi connectivity index (χ1v) is 8.58. The molecule has 0 unspecified atom stereocenters. The van der Waals surface area contributed by atoms with Crippen LogP contribution >= 0.6 is 0 Å². The Balaban J connectivity index is 1.55. The van der Waals surface area contributed by atoms with Gasteiger partial charge in [0.05, 0.1) is 11.1 Å². The lowest BCUT2D eigenvalue weighted by Gasteiger charge is -2.08. The van der Waals surface area contributed by atoms with Crippen LogP contribution in [0.4, 0.5) is 0 Å². The molecule has 0 saturated carbocycles. The molecule has 0 radical (unpaired) electrons. The minimum Gasteiger partial charge on any atom is -0.292 e. The van der Waals surface area contributed by atoms with Crippen molar-refractivity contribution in [3.8, 4) is 0 Å². The molecule has 142 valence electrons. The van der Waals surface area contributed by atoms with E-state index in [-0.39, 0.29) is 24.3 Å². The molecule has 0 saturated heterocycles. The average Bonchev–Trinajstić information content (AvgIpc) is 2.75. The monoisotopic (exact) mass is 378 g/mol. The zero-order valence-corrected chi connectivity index (χ0v) is 14.9. The van der Waals surface area contributed by atoms with Crippen LogP contribution in [0.25, 0.3) is 0 Å². The summed E-state index contributed by atoms with van der Waals surface area (Å²) in [4.78, 5) is 44.1. The van der Waals surface area contributed by atoms with Crippen LogP contribution in [-0.2, 0) is 32.8 Å². The van der Waals surface area contributed by atoms with Crippen LogP contribution in [0.5, 0.6) is 0 Å². The van der Waals surface area contributed by atoms with Crippen LogP contribution in [0.1, 0.15) is 31.8 Å². The third-order valence-electron chi connectivity index (χ3n) is 3.77. The molecule has 3 aromatic rings. The molecule has 0 heterocycles. The van der Waals surface area contributed by atoms with Gasteiger partial charge in [-0.1, -0.05) is 72.8 Å². The first kappa shape index (κ1) is 19.3. The molecule has 3 rings (SSSR count). The zero-order chi connectivity index (χ0) is 19.6. The second-order valence-electron chi connectivity index (χ2n) is 5.78. The lowest BCUT2D eigenvalue weighted by atomic mass is 10.1. The van der Waals surface area contributed by atoms with E-state index in [0.717, 1.165) is 11.1 Å². The van der Waals surface area contributed by atoms with E-state index in [9.17, 15) is 9.59 Å². The Bertz CT molecular complexity index is 832. The first-order valence-electron chi connectivity index (χ1n) is 8.58. The van der Waals surface area contributed by atoms with Gasteiger partial charge in [0, 0.05) is 0 Å². The van der Waals surface area contributed by atoms with E-state index in [1.807, 2.05) is 60.7 Å². The van der Waals surface area contributed by atoms with E-state index in [1.54, 1.807) is 12.1 Å². The topological polar surface area (TPSA) is 71.1 Å². The smallest absolute Gasteiger partial charge is 0.292 e. The van der Waals surface area contributed by atoms with Gasteiger partial charge in [-0.25, -0.2) is 9.59 Å². The predicted octanol–water partition coefficient (Wildman–Crippen LogP) is 4.26. The van der Waals surface area contributed by atoms with Crippen LogP contribution in [-0.4, -0.2) is 11.9 Å². The van der Waals surface area contributed by atoms with E-state index in [0.29, 0.717) is 0 Å². The molecule has 0 spiro atoms. The number of hydrogen-bond donors (Lipinski definition) is 0. The largest absolute Gasteiger partial charge is 0.373 e. The summed E-state index contributed by atoms with van der Waals surface area (Å²) in [5.74, 6) is -1.60. The Labute approximate surface area is 162 Å². The van der Waals surface area contributed by atoms with Gasteiger partial charge in [0.25, 0.3) is 0 Å². The SMILES string of the molecule is O=C(OOCc1ccccc1)c1ccccc1C(=O)OOCc1ccccc1. The first-order chi connectivity index (χ1) is 13.7. The van der Waals surface area contributed by atoms with Gasteiger partial charge in [-0.05, 0) is 23.3 Å². The molecule has 6 nitrogen and oxygen atoms in total. The molecule has 0 N–H and O–H groups in total. The van der Waals surface area contributed by atoms with E-state index < -0.39 is 11.9 Å². The van der Waals surface area contributed by atoms with Crippen molar-refractivity contribution < 1.29 is 29.1 Å². The maximum atomic E-state index is 12.3. The van der Waals surface area contributed by atoms with Crippen LogP contribution < -0.4 is 0 Å². The van der Waals surface area contributed by atoms with Crippen molar-refractivity contribution in [1.82, 2.24) is 0 Å². The normalized spacial score (nSPS) is 10.3. The molecule has 0 bridgehead atoms. The number of carbonyl (C=O) groups is 2. The summed E-state index contributed by atoms with van der Waals surface area (Å²) >= 11 is 0. The summed E-state index contributed by atoms with van der Waals surface area (Å²) in [5, 5.41) is 0. The highest BCUT2D eigenvalue weighted by molar-refractivity contribution is 6.02. The van der Waals surface area contributed by atoms with Gasteiger partial charge in [-0.3, -0.25) is 9.78 Å². The summed E-state index contributed by atoms with van der Waals surface area (Å²) in [6, 6.07) is 24.6. The molecule has 0 fully saturated rings. The van der Waals surface area contributed by atoms with Gasteiger partial charge in [0.1, 0.15) is 13.2 Å². The van der Waals surface area contributed by atoms with Gasteiger partial charge in [0.2, 0.25) is 0 Å². The fraction of sp³-hybridized carbons (Fsp3) is 0.0909. The van der Waals surface area contributed by atoms with Crippen molar-refractivity contribution in [1.29, 1.82) is 0 Å². The number of carbonyl (C=O) groups excluding carboxylic acids is 2. The van der Waals surface area contributed by atoms with Crippen LogP contribution in [0.15, 0.2) is 84.9 Å². The molecule has 3 aromatic carbocycles. The van der Waals surface area contributed by atoms with Crippen molar-refractivity contribution >= 4 is 11.9 Å². The van der Waals surface area contributed by atoms with E-state index in [1.165, 1.54) is 12.1 Å². The van der Waals surface area contributed by atoms with E-state index >= 15 is 0 Å². The second-order valence-corrected chi connectivity index (χ2v) is 5.78. The number of benzene rings is 3. The minimum atomic E-state index is -0.799. The molecule has 0 aliphatic carbocycles. The minimum absolute atomic E-state index is 0.0175. The highest BCUT2D eigenvalue weighted by Crippen LogP contribution is 2.13. The molecule has 6 heteroatoms. The van der Waals surface area contributed by atoms with Crippen molar-refractivity contribution in [2.45, 2.75) is 13.2 Å². The zero-order valence-electron chi connectivity index (χ0n) is 14.9. The van der Waals surface area contributed by atoms with Crippen LogP contribution in [0.3, 0.4) is 0 Å². The van der Waals surface area contributed by atoms with Crippen LogP contribution in [0.2, 0.25) is 0 Å². The third kappa shape index (κ3) is 5.51. The maximum Gasteiger partial charge on any atom is 0.373 e. The summed E-state index contributed by atoms with van der Waals surface area (Å²) in [7, 11) is 0. The Kier molecular flexibility index (Phi) is 6.89. The summed E-state index contributed by atoms with van der Waals surface area (Å²) in [5.41, 5.74) is 1.72. The summed E-state index contributed by atoms with van der Waals surface area (Å²) in [6.07, 6.45) is 0. The van der Waals surface area contributed by atoms with Crippen molar-refractivity contribution in [3.63, 3.8) is 0 Å². The standard InChI is InChI=1S/C22H18O6/c23-21(27-25-15-17-9-3-1-4-10-17)19-13-7-8-14-20(19)22(24)28-26-16-18-11-5-2-6-12-18/h1-14H,15-16H2. The average molecular weight is 378 g/mol. The molecule has 0 amide bonds. The number of hydrogen-bond acceptors (Lipinski definition) is 6. The lowest BCUT2D eigenvalue weighted by molar-refractivity contribution is -0.252. The van der Waals surface area contributed by atoms with Gasteiger partial charge in [-0.2, -0.15) is 9.78 Å². The third-order valence-corrected chi connectivity index (χ3v) is 3.77. The Morgan fingerprint density at radius 1 is 0.536 bits per heavy atom. The highest BCUT2D eigenvalue weighted by atomic mass is 17.2. The van der Waals surface area contributed by atoms with Gasteiger partial charge in [0.15, 0.2) is 0 Å². The molecule has 0 aromatic heterocycles. The Morgan fingerprint density at radius 2 is 0.893 bits per heavy atom. The lowest BCUT2D eigenvalue weighted by Crippen LogP contribution is -2.14. The molecular formula is C22H18O6. The maximum absolute atomic E-state index is 12.3. The van der Waals surface area contributed by atoms with Gasteiger partial charge >= 0.3 is 11.9 Å². The van der Waals surface area contributed by atoms with Crippen molar-refractivity contribution in [2.24, 2.45) is 0 Å². The fourth-order valence-electron chi connectivity index (χ4n) is 2.38. The van der Waals surface area contributed by atoms with Crippen LogP contribution in [0, 0.1) is 0 Å². The van der Waals surface area contributed by atoms with E-state index in [2.05, 4.69) is 0 Å². The fourth-order valence-corrected chi connectivity index (χ4v) is 2.38. The second kappa shape index (κ2) is 10.0. The quantitative estimate of drug-likeness (QED) is 0.431. The number of rotatable bonds is 8. The summed E-state index contributed by atoms with van der Waals surface area (Å²) in [6.45, 7) is 0.193. The Morgan fingerprint density at radius 3 is 1.29 bits per heavy atom. The molecule has 0 aliphatic heterocycles. The highest BCUT2D eigenvalue weighted by Gasteiger charge is 2.20.